The van der Waals surface area contributed by atoms with Crippen LogP contribution in [0.4, 0.5) is 0 Å². The van der Waals surface area contributed by atoms with E-state index < -0.39 is 0 Å². The topological polar surface area (TPSA) is 35.6 Å². The number of carbonyl (C=O) groups is 1. The normalized spacial score (nSPS) is 33.1. The van der Waals surface area contributed by atoms with Gasteiger partial charge in [-0.3, -0.25) is 10.1 Å². The average molecular weight is 281 g/mol. The van der Waals surface area contributed by atoms with E-state index in [1.807, 2.05) is 0 Å². The van der Waals surface area contributed by atoms with E-state index >= 15 is 0 Å². The van der Waals surface area contributed by atoms with Crippen LogP contribution in [0.3, 0.4) is 0 Å². The first kappa shape index (κ1) is 15.8. The second-order valence-corrected chi connectivity index (χ2v) is 6.49. The van der Waals surface area contributed by atoms with Gasteiger partial charge in [0.25, 0.3) is 0 Å². The van der Waals surface area contributed by atoms with E-state index in [9.17, 15) is 4.79 Å². The first-order chi connectivity index (χ1) is 9.60. The molecule has 0 aromatic carbocycles. The van der Waals surface area contributed by atoms with E-state index in [1.165, 1.54) is 13.0 Å². The fraction of sp³-hybridized carbons (Fsp3) is 0.938. The zero-order chi connectivity index (χ0) is 14.7. The second-order valence-electron chi connectivity index (χ2n) is 6.49. The third-order valence-corrected chi connectivity index (χ3v) is 5.17. The smallest absolute Gasteiger partial charge is 0.241 e. The van der Waals surface area contributed by atoms with Gasteiger partial charge in [-0.25, -0.2) is 0 Å². The highest BCUT2D eigenvalue weighted by Gasteiger charge is 2.41. The zero-order valence-electron chi connectivity index (χ0n) is 13.6. The summed E-state index contributed by atoms with van der Waals surface area (Å²) in [7, 11) is 0. The minimum Gasteiger partial charge on any atom is -0.325 e. The van der Waals surface area contributed by atoms with Crippen molar-refractivity contribution >= 4 is 5.91 Å². The maximum absolute atomic E-state index is 12.7. The Morgan fingerprint density at radius 1 is 1.35 bits per heavy atom. The molecule has 116 valence electrons. The van der Waals surface area contributed by atoms with Crippen molar-refractivity contribution in [1.29, 1.82) is 0 Å². The van der Waals surface area contributed by atoms with Crippen molar-refractivity contribution in [3.63, 3.8) is 0 Å². The molecule has 1 N–H and O–H groups in total. The second kappa shape index (κ2) is 6.90. The van der Waals surface area contributed by atoms with Crippen LogP contribution in [0.1, 0.15) is 47.0 Å². The SMILES string of the molecule is CCC(C)C1NC(CC)N(CC2CCN(CC)C2)C1=O. The Morgan fingerprint density at radius 3 is 2.65 bits per heavy atom. The van der Waals surface area contributed by atoms with Gasteiger partial charge in [0, 0.05) is 13.1 Å². The summed E-state index contributed by atoms with van der Waals surface area (Å²) in [5, 5.41) is 3.55. The lowest BCUT2D eigenvalue weighted by Gasteiger charge is -2.26. The van der Waals surface area contributed by atoms with Gasteiger partial charge in [-0.2, -0.15) is 0 Å². The molecular weight excluding hydrogens is 250 g/mol. The van der Waals surface area contributed by atoms with Crippen LogP contribution in [0.2, 0.25) is 0 Å². The minimum absolute atomic E-state index is 0.0358. The predicted octanol–water partition coefficient (Wildman–Crippen LogP) is 1.91. The van der Waals surface area contributed by atoms with Gasteiger partial charge in [-0.1, -0.05) is 34.1 Å². The standard InChI is InChI=1S/C16H31N3O/c1-5-12(4)15-16(20)19(14(6-2)17-15)11-13-8-9-18(7-3)10-13/h12-15,17H,5-11H2,1-4H3. The molecule has 0 aromatic rings. The zero-order valence-corrected chi connectivity index (χ0v) is 13.6. The van der Waals surface area contributed by atoms with Crippen LogP contribution in [0.15, 0.2) is 0 Å². The summed E-state index contributed by atoms with van der Waals surface area (Å²) < 4.78 is 0. The van der Waals surface area contributed by atoms with Gasteiger partial charge in [0.1, 0.15) is 0 Å². The van der Waals surface area contributed by atoms with E-state index in [1.54, 1.807) is 0 Å². The van der Waals surface area contributed by atoms with Crippen molar-refractivity contribution in [3.8, 4) is 0 Å². The van der Waals surface area contributed by atoms with Crippen molar-refractivity contribution in [1.82, 2.24) is 15.1 Å². The number of hydrogen-bond acceptors (Lipinski definition) is 3. The van der Waals surface area contributed by atoms with Crippen molar-refractivity contribution in [2.75, 3.05) is 26.2 Å². The van der Waals surface area contributed by atoms with E-state index in [0.29, 0.717) is 17.7 Å². The Bertz CT molecular complexity index is 334. The molecular formula is C16H31N3O. The maximum atomic E-state index is 12.7. The van der Waals surface area contributed by atoms with Gasteiger partial charge in [0.15, 0.2) is 0 Å². The molecule has 4 nitrogen and oxygen atoms in total. The highest BCUT2D eigenvalue weighted by molar-refractivity contribution is 5.84. The first-order valence-corrected chi connectivity index (χ1v) is 8.39. The van der Waals surface area contributed by atoms with E-state index in [0.717, 1.165) is 32.5 Å². The number of rotatable bonds is 6. The van der Waals surface area contributed by atoms with Crippen LogP contribution < -0.4 is 5.32 Å². The Morgan fingerprint density at radius 2 is 2.10 bits per heavy atom. The highest BCUT2D eigenvalue weighted by atomic mass is 16.2. The van der Waals surface area contributed by atoms with Gasteiger partial charge in [-0.15, -0.1) is 0 Å². The minimum atomic E-state index is 0.0358. The quantitative estimate of drug-likeness (QED) is 0.808. The molecule has 4 unspecified atom stereocenters. The highest BCUT2D eigenvalue weighted by Crippen LogP contribution is 2.24. The van der Waals surface area contributed by atoms with Crippen LogP contribution in [0.25, 0.3) is 0 Å². The molecule has 2 heterocycles. The third kappa shape index (κ3) is 3.17. The molecule has 4 atom stereocenters. The lowest BCUT2D eigenvalue weighted by atomic mass is 9.99. The molecule has 2 aliphatic heterocycles. The van der Waals surface area contributed by atoms with Crippen LogP contribution in [0, 0.1) is 11.8 Å². The van der Waals surface area contributed by atoms with Gasteiger partial charge in [0.2, 0.25) is 5.91 Å². The monoisotopic (exact) mass is 281 g/mol. The van der Waals surface area contributed by atoms with Crippen LogP contribution in [-0.2, 0) is 4.79 Å². The average Bonchev–Trinajstić information content (AvgIpc) is 3.04. The number of hydrogen-bond donors (Lipinski definition) is 1. The number of carbonyl (C=O) groups excluding carboxylic acids is 1. The number of nitrogens with one attached hydrogen (secondary N) is 1. The van der Waals surface area contributed by atoms with Crippen molar-refractivity contribution < 1.29 is 4.79 Å². The summed E-state index contributed by atoms with van der Waals surface area (Å²) in [5.74, 6) is 1.42. The van der Waals surface area contributed by atoms with Crippen LogP contribution >= 0.6 is 0 Å². The Kier molecular flexibility index (Phi) is 5.44. The molecule has 1 amide bonds. The van der Waals surface area contributed by atoms with E-state index in [-0.39, 0.29) is 12.2 Å². The molecule has 0 aliphatic carbocycles. The van der Waals surface area contributed by atoms with E-state index in [4.69, 9.17) is 0 Å². The summed E-state index contributed by atoms with van der Waals surface area (Å²) in [5.41, 5.74) is 0. The van der Waals surface area contributed by atoms with Crippen LogP contribution in [0.5, 0.6) is 0 Å². The first-order valence-electron chi connectivity index (χ1n) is 8.39. The predicted molar refractivity (Wildman–Crippen MR) is 82.4 cm³/mol. The molecule has 0 spiro atoms. The largest absolute Gasteiger partial charge is 0.325 e. The molecule has 2 aliphatic rings. The van der Waals surface area contributed by atoms with Crippen molar-refractivity contribution in [2.45, 2.75) is 59.2 Å². The number of nitrogens with zero attached hydrogens (tertiary/aromatic N) is 2. The van der Waals surface area contributed by atoms with Crippen molar-refractivity contribution in [3.05, 3.63) is 0 Å². The molecule has 0 bridgehead atoms. The summed E-state index contributed by atoms with van der Waals surface area (Å²) in [6, 6.07) is 0.0358. The number of likely N-dealkylation sites (tertiary alicyclic amines) is 1. The van der Waals surface area contributed by atoms with Crippen molar-refractivity contribution in [2.24, 2.45) is 11.8 Å². The summed E-state index contributed by atoms with van der Waals surface area (Å²) in [6.07, 6.45) is 3.54. The molecule has 0 radical (unpaired) electrons. The Hall–Kier alpha value is -0.610. The lowest BCUT2D eigenvalue weighted by molar-refractivity contribution is -0.131. The van der Waals surface area contributed by atoms with Gasteiger partial charge in [0.05, 0.1) is 12.2 Å². The molecule has 2 fully saturated rings. The molecule has 4 heteroatoms. The molecule has 2 saturated heterocycles. The fourth-order valence-corrected chi connectivity index (χ4v) is 3.53. The molecule has 20 heavy (non-hydrogen) atoms. The Labute approximate surface area is 123 Å². The molecule has 0 saturated carbocycles. The Balaban J connectivity index is 1.97. The van der Waals surface area contributed by atoms with Crippen LogP contribution in [-0.4, -0.2) is 54.1 Å². The molecule has 0 aromatic heterocycles. The lowest BCUT2D eigenvalue weighted by Crippen LogP contribution is -2.40. The van der Waals surface area contributed by atoms with Gasteiger partial charge < -0.3 is 9.80 Å². The maximum Gasteiger partial charge on any atom is 0.241 e. The number of amides is 1. The van der Waals surface area contributed by atoms with E-state index in [2.05, 4.69) is 42.8 Å². The van der Waals surface area contributed by atoms with Gasteiger partial charge >= 0.3 is 0 Å². The fourth-order valence-electron chi connectivity index (χ4n) is 3.53. The summed E-state index contributed by atoms with van der Waals surface area (Å²) >= 11 is 0. The third-order valence-electron chi connectivity index (χ3n) is 5.17. The summed E-state index contributed by atoms with van der Waals surface area (Å²) in [4.78, 5) is 17.3. The summed E-state index contributed by atoms with van der Waals surface area (Å²) in [6.45, 7) is 13.2. The van der Waals surface area contributed by atoms with Gasteiger partial charge in [-0.05, 0) is 37.8 Å². The molecule has 2 rings (SSSR count).